The zero-order chi connectivity index (χ0) is 14.5. The molecule has 0 bridgehead atoms. The van der Waals surface area contributed by atoms with Crippen LogP contribution in [0.5, 0.6) is 0 Å². The number of rotatable bonds is 7. The smallest absolute Gasteiger partial charge is 0.356 e. The van der Waals surface area contributed by atoms with E-state index in [1.54, 1.807) is 0 Å². The Labute approximate surface area is 139 Å². The fourth-order valence-corrected chi connectivity index (χ4v) is 1.85. The average Bonchev–Trinajstić information content (AvgIpc) is 3.15. The number of carbonyl (C=O) groups excluding carboxylic acids is 1. The van der Waals surface area contributed by atoms with E-state index in [0.717, 1.165) is 32.2 Å². The van der Waals surface area contributed by atoms with Crippen LogP contribution in [0.2, 0.25) is 0 Å². The van der Waals surface area contributed by atoms with E-state index in [9.17, 15) is 4.79 Å². The molecule has 0 radical (unpaired) electrons. The molecule has 116 valence electrons. The first-order valence-corrected chi connectivity index (χ1v) is 7.47. The molecule has 2 aromatic rings. The molecule has 2 rings (SSSR count). The van der Waals surface area contributed by atoms with Gasteiger partial charge in [-0.2, -0.15) is 35.9 Å². The Morgan fingerprint density at radius 1 is 1.10 bits per heavy atom. The standard InChI is InChI=1S/C13H20NO.C5H5.Fe/c1-2-3-11-14-13(15)10-6-9-12-7-4-5-8-12;1-2-4-5-3-1;/h4-5,7-8H,2-3,6,9-11H2,1H3,(H,14,15);1-5H;/q2*-1;+2. The van der Waals surface area contributed by atoms with Crippen molar-refractivity contribution >= 4 is 5.91 Å². The SMILES string of the molecule is CCCCNC(=O)CCC[c-]1cccc1.[Fe+2].c1cc[cH-]c1. The number of hydrogen-bond acceptors (Lipinski definition) is 1. The van der Waals surface area contributed by atoms with E-state index in [2.05, 4.69) is 24.4 Å². The van der Waals surface area contributed by atoms with Gasteiger partial charge in [0, 0.05) is 13.0 Å². The van der Waals surface area contributed by atoms with E-state index in [1.165, 1.54) is 5.56 Å². The van der Waals surface area contributed by atoms with E-state index in [4.69, 9.17) is 0 Å². The summed E-state index contributed by atoms with van der Waals surface area (Å²) in [6.07, 6.45) is 4.81. The minimum absolute atomic E-state index is 0. The van der Waals surface area contributed by atoms with Crippen molar-refractivity contribution in [1.82, 2.24) is 5.32 Å². The molecule has 1 N–H and O–H groups in total. The Hall–Kier alpha value is -1.31. The van der Waals surface area contributed by atoms with Crippen LogP contribution >= 0.6 is 0 Å². The van der Waals surface area contributed by atoms with Crippen molar-refractivity contribution in [2.75, 3.05) is 6.54 Å². The van der Waals surface area contributed by atoms with E-state index in [1.807, 2.05) is 42.5 Å². The van der Waals surface area contributed by atoms with Crippen molar-refractivity contribution in [3.8, 4) is 0 Å². The second kappa shape index (κ2) is 13.7. The van der Waals surface area contributed by atoms with Gasteiger partial charge in [0.1, 0.15) is 0 Å². The summed E-state index contributed by atoms with van der Waals surface area (Å²) in [5.74, 6) is 0.190. The van der Waals surface area contributed by atoms with Crippen LogP contribution in [0.4, 0.5) is 0 Å². The molecule has 0 fully saturated rings. The van der Waals surface area contributed by atoms with Gasteiger partial charge in [0.25, 0.3) is 0 Å². The summed E-state index contributed by atoms with van der Waals surface area (Å²) in [6, 6.07) is 18.3. The minimum Gasteiger partial charge on any atom is -0.356 e. The molecule has 0 saturated carbocycles. The van der Waals surface area contributed by atoms with Crippen molar-refractivity contribution in [1.29, 1.82) is 0 Å². The topological polar surface area (TPSA) is 29.1 Å². The van der Waals surface area contributed by atoms with Crippen molar-refractivity contribution in [3.05, 3.63) is 60.2 Å². The van der Waals surface area contributed by atoms with Gasteiger partial charge >= 0.3 is 17.1 Å². The third-order valence-corrected chi connectivity index (χ3v) is 3.01. The first-order chi connectivity index (χ1) is 9.83. The van der Waals surface area contributed by atoms with Crippen LogP contribution in [0.25, 0.3) is 0 Å². The molecule has 0 aliphatic carbocycles. The largest absolute Gasteiger partial charge is 2.00 e. The second-order valence-electron chi connectivity index (χ2n) is 4.81. The molecular weight excluding hydrogens is 302 g/mol. The van der Waals surface area contributed by atoms with Gasteiger partial charge in [0.2, 0.25) is 5.91 Å². The van der Waals surface area contributed by atoms with Crippen molar-refractivity contribution in [2.24, 2.45) is 0 Å². The third-order valence-electron chi connectivity index (χ3n) is 3.01. The van der Waals surface area contributed by atoms with E-state index in [-0.39, 0.29) is 23.0 Å². The quantitative estimate of drug-likeness (QED) is 0.464. The molecule has 0 aliphatic heterocycles. The zero-order valence-electron chi connectivity index (χ0n) is 12.7. The fraction of sp³-hybridized carbons (Fsp3) is 0.389. The molecule has 0 atom stereocenters. The van der Waals surface area contributed by atoms with Gasteiger partial charge in [0.05, 0.1) is 0 Å². The predicted octanol–water partition coefficient (Wildman–Crippen LogP) is 4.05. The molecule has 0 saturated heterocycles. The number of aryl methyl sites for hydroxylation is 1. The Morgan fingerprint density at radius 3 is 2.29 bits per heavy atom. The molecule has 21 heavy (non-hydrogen) atoms. The van der Waals surface area contributed by atoms with Crippen LogP contribution in [0, 0.1) is 0 Å². The Balaban J connectivity index is 0.000000562. The van der Waals surface area contributed by atoms with Crippen LogP contribution in [-0.4, -0.2) is 12.5 Å². The molecule has 2 aromatic carbocycles. The van der Waals surface area contributed by atoms with Gasteiger partial charge in [-0.1, -0.05) is 26.2 Å². The van der Waals surface area contributed by atoms with Crippen molar-refractivity contribution in [2.45, 2.75) is 39.0 Å². The van der Waals surface area contributed by atoms with Gasteiger partial charge in [-0.15, -0.1) is 0 Å². The zero-order valence-corrected chi connectivity index (χ0v) is 13.8. The normalized spacial score (nSPS) is 9.19. The Bertz CT molecular complexity index is 403. The molecular formula is C18H25FeNO. The average molecular weight is 327 g/mol. The summed E-state index contributed by atoms with van der Waals surface area (Å²) in [5.41, 5.74) is 1.33. The molecule has 0 aliphatic rings. The van der Waals surface area contributed by atoms with E-state index >= 15 is 0 Å². The number of hydrogen-bond donors (Lipinski definition) is 1. The van der Waals surface area contributed by atoms with Crippen LogP contribution in [0.3, 0.4) is 0 Å². The summed E-state index contributed by atoms with van der Waals surface area (Å²) in [7, 11) is 0. The molecule has 0 heterocycles. The Kier molecular flexibility index (Phi) is 12.8. The van der Waals surface area contributed by atoms with Crippen LogP contribution in [0.1, 0.15) is 38.2 Å². The number of amides is 1. The summed E-state index contributed by atoms with van der Waals surface area (Å²) in [6.45, 7) is 2.95. The summed E-state index contributed by atoms with van der Waals surface area (Å²) >= 11 is 0. The number of carbonyl (C=O) groups is 1. The second-order valence-corrected chi connectivity index (χ2v) is 4.81. The fourth-order valence-electron chi connectivity index (χ4n) is 1.85. The number of unbranched alkanes of at least 4 members (excludes halogenated alkanes) is 1. The van der Waals surface area contributed by atoms with Crippen LogP contribution in [-0.2, 0) is 28.3 Å². The summed E-state index contributed by atoms with van der Waals surface area (Å²) < 4.78 is 0. The maximum absolute atomic E-state index is 11.3. The molecule has 0 aromatic heterocycles. The predicted molar refractivity (Wildman–Crippen MR) is 84.9 cm³/mol. The van der Waals surface area contributed by atoms with E-state index < -0.39 is 0 Å². The maximum Gasteiger partial charge on any atom is 2.00 e. The first-order valence-electron chi connectivity index (χ1n) is 7.47. The molecule has 0 spiro atoms. The minimum atomic E-state index is 0. The van der Waals surface area contributed by atoms with Crippen molar-refractivity contribution in [3.63, 3.8) is 0 Å². The number of nitrogens with one attached hydrogen (secondary N) is 1. The van der Waals surface area contributed by atoms with Gasteiger partial charge in [-0.3, -0.25) is 4.79 Å². The summed E-state index contributed by atoms with van der Waals surface area (Å²) in [4.78, 5) is 11.3. The third kappa shape index (κ3) is 11.1. The van der Waals surface area contributed by atoms with Crippen LogP contribution in [0.15, 0.2) is 54.6 Å². The Morgan fingerprint density at radius 2 is 1.76 bits per heavy atom. The van der Waals surface area contributed by atoms with Crippen molar-refractivity contribution < 1.29 is 21.9 Å². The van der Waals surface area contributed by atoms with E-state index in [0.29, 0.717) is 6.42 Å². The van der Waals surface area contributed by atoms with Gasteiger partial charge < -0.3 is 5.32 Å². The van der Waals surface area contributed by atoms with Crippen LogP contribution < -0.4 is 5.32 Å². The van der Waals surface area contributed by atoms with Gasteiger partial charge in [-0.25, -0.2) is 24.3 Å². The molecule has 3 heteroatoms. The van der Waals surface area contributed by atoms with Gasteiger partial charge in [0.15, 0.2) is 0 Å². The first kappa shape index (κ1) is 19.7. The molecule has 2 nitrogen and oxygen atoms in total. The maximum atomic E-state index is 11.3. The van der Waals surface area contributed by atoms with Gasteiger partial charge in [-0.05, 0) is 6.42 Å². The molecule has 0 unspecified atom stereocenters. The molecule has 1 amide bonds. The monoisotopic (exact) mass is 327 g/mol. The summed E-state index contributed by atoms with van der Waals surface area (Å²) in [5, 5.41) is 2.92.